The quantitative estimate of drug-likeness (QED) is 0.795. The summed E-state index contributed by atoms with van der Waals surface area (Å²) in [7, 11) is 0. The van der Waals surface area contributed by atoms with Crippen molar-refractivity contribution >= 4 is 23.7 Å². The van der Waals surface area contributed by atoms with Crippen molar-refractivity contribution < 1.29 is 4.79 Å². The van der Waals surface area contributed by atoms with Crippen molar-refractivity contribution in [1.29, 1.82) is 0 Å². The van der Waals surface area contributed by atoms with Crippen LogP contribution >= 0.6 is 11.8 Å². The Bertz CT molecular complexity index is 560. The first kappa shape index (κ1) is 11.7. The lowest BCUT2D eigenvalue weighted by Crippen LogP contribution is -2.14. The fourth-order valence-corrected chi connectivity index (χ4v) is 3.53. The Morgan fingerprint density at radius 2 is 2.44 bits per heavy atom. The highest BCUT2D eigenvalue weighted by Crippen LogP contribution is 2.25. The number of hydrogen-bond acceptors (Lipinski definition) is 4. The van der Waals surface area contributed by atoms with Crippen LogP contribution in [0.2, 0.25) is 0 Å². The van der Waals surface area contributed by atoms with Crippen LogP contribution in [-0.2, 0) is 6.42 Å². The number of hydrogen-bond donors (Lipinski definition) is 0. The zero-order chi connectivity index (χ0) is 12.4. The molecule has 0 bridgehead atoms. The van der Waals surface area contributed by atoms with Gasteiger partial charge in [0.15, 0.2) is 17.8 Å². The SMILES string of the molecule is O=Cc1cccc2nc(CC3CCCSC3)nn12. The summed E-state index contributed by atoms with van der Waals surface area (Å²) in [6.07, 6.45) is 4.31. The number of carbonyl (C=O) groups excluding carboxylic acids is 1. The monoisotopic (exact) mass is 261 g/mol. The van der Waals surface area contributed by atoms with Crippen LogP contribution in [-0.4, -0.2) is 32.4 Å². The Morgan fingerprint density at radius 1 is 1.50 bits per heavy atom. The lowest BCUT2D eigenvalue weighted by molar-refractivity contribution is 0.111. The highest BCUT2D eigenvalue weighted by atomic mass is 32.2. The number of rotatable bonds is 3. The molecule has 0 N–H and O–H groups in total. The van der Waals surface area contributed by atoms with Gasteiger partial charge in [-0.2, -0.15) is 16.9 Å². The molecule has 1 aliphatic rings. The minimum absolute atomic E-state index is 0.560. The van der Waals surface area contributed by atoms with E-state index in [-0.39, 0.29) is 0 Å². The van der Waals surface area contributed by atoms with Crippen molar-refractivity contribution in [3.8, 4) is 0 Å². The molecule has 1 atom stereocenters. The van der Waals surface area contributed by atoms with E-state index in [9.17, 15) is 4.79 Å². The number of pyridine rings is 1. The first-order chi connectivity index (χ1) is 8.86. The second kappa shape index (κ2) is 5.10. The van der Waals surface area contributed by atoms with Gasteiger partial charge in [-0.3, -0.25) is 4.79 Å². The van der Waals surface area contributed by atoms with E-state index in [0.717, 1.165) is 24.2 Å². The van der Waals surface area contributed by atoms with E-state index in [1.54, 1.807) is 10.6 Å². The van der Waals surface area contributed by atoms with Crippen molar-refractivity contribution in [2.75, 3.05) is 11.5 Å². The van der Waals surface area contributed by atoms with Crippen LogP contribution in [0.5, 0.6) is 0 Å². The maximum absolute atomic E-state index is 10.9. The van der Waals surface area contributed by atoms with Crippen molar-refractivity contribution in [2.45, 2.75) is 19.3 Å². The molecule has 0 radical (unpaired) electrons. The minimum atomic E-state index is 0.560. The zero-order valence-electron chi connectivity index (χ0n) is 10.1. The molecule has 3 rings (SSSR count). The summed E-state index contributed by atoms with van der Waals surface area (Å²) < 4.78 is 1.64. The molecule has 2 aromatic heterocycles. The molecular weight excluding hydrogens is 246 g/mol. The van der Waals surface area contributed by atoms with Gasteiger partial charge in [0, 0.05) is 6.42 Å². The third kappa shape index (κ3) is 2.27. The van der Waals surface area contributed by atoms with Gasteiger partial charge in [-0.15, -0.1) is 0 Å². The van der Waals surface area contributed by atoms with E-state index >= 15 is 0 Å². The van der Waals surface area contributed by atoms with E-state index in [4.69, 9.17) is 0 Å². The molecule has 1 saturated heterocycles. The van der Waals surface area contributed by atoms with Gasteiger partial charge in [0.25, 0.3) is 0 Å². The van der Waals surface area contributed by atoms with E-state index in [2.05, 4.69) is 10.1 Å². The summed E-state index contributed by atoms with van der Waals surface area (Å²) in [5.74, 6) is 4.03. The van der Waals surface area contributed by atoms with Gasteiger partial charge in [-0.25, -0.2) is 9.50 Å². The first-order valence-electron chi connectivity index (χ1n) is 6.24. The largest absolute Gasteiger partial charge is 0.296 e. The molecular formula is C13H15N3OS. The summed E-state index contributed by atoms with van der Waals surface area (Å²) >= 11 is 2.02. The van der Waals surface area contributed by atoms with Crippen molar-refractivity contribution in [2.24, 2.45) is 5.92 Å². The fourth-order valence-electron chi connectivity index (χ4n) is 2.37. The van der Waals surface area contributed by atoms with Crippen LogP contribution in [0.1, 0.15) is 29.2 Å². The predicted molar refractivity (Wildman–Crippen MR) is 72.1 cm³/mol. The molecule has 1 aliphatic heterocycles. The number of fused-ring (bicyclic) bond motifs is 1. The molecule has 0 aliphatic carbocycles. The minimum Gasteiger partial charge on any atom is -0.296 e. The van der Waals surface area contributed by atoms with Gasteiger partial charge in [-0.05, 0) is 42.4 Å². The maximum atomic E-state index is 10.9. The van der Waals surface area contributed by atoms with E-state index in [0.29, 0.717) is 11.6 Å². The summed E-state index contributed by atoms with van der Waals surface area (Å²) in [5, 5.41) is 4.44. The molecule has 5 heteroatoms. The van der Waals surface area contributed by atoms with E-state index in [1.165, 1.54) is 24.3 Å². The number of carbonyl (C=O) groups is 1. The van der Waals surface area contributed by atoms with Gasteiger partial charge in [0.2, 0.25) is 0 Å². The lowest BCUT2D eigenvalue weighted by atomic mass is 10.0. The Morgan fingerprint density at radius 3 is 3.22 bits per heavy atom. The van der Waals surface area contributed by atoms with Gasteiger partial charge in [-0.1, -0.05) is 6.07 Å². The van der Waals surface area contributed by atoms with Gasteiger partial charge >= 0.3 is 0 Å². The maximum Gasteiger partial charge on any atom is 0.168 e. The molecule has 4 nitrogen and oxygen atoms in total. The molecule has 0 amide bonds. The van der Waals surface area contributed by atoms with Crippen molar-refractivity contribution in [3.05, 3.63) is 29.7 Å². The third-order valence-corrected chi connectivity index (χ3v) is 4.56. The standard InChI is InChI=1S/C13H15N3OS/c17-8-11-4-1-5-13-14-12(15-16(11)13)7-10-3-2-6-18-9-10/h1,4-5,8,10H,2-3,6-7,9H2. The Kier molecular flexibility index (Phi) is 3.32. The number of aromatic nitrogens is 3. The first-order valence-corrected chi connectivity index (χ1v) is 7.40. The van der Waals surface area contributed by atoms with Crippen LogP contribution in [0.25, 0.3) is 5.65 Å². The highest BCUT2D eigenvalue weighted by Gasteiger charge is 2.17. The van der Waals surface area contributed by atoms with Gasteiger partial charge in [0.05, 0.1) is 0 Å². The van der Waals surface area contributed by atoms with Gasteiger partial charge < -0.3 is 0 Å². The van der Waals surface area contributed by atoms with E-state index < -0.39 is 0 Å². The van der Waals surface area contributed by atoms with Crippen LogP contribution in [0.15, 0.2) is 18.2 Å². The van der Waals surface area contributed by atoms with Gasteiger partial charge in [0.1, 0.15) is 5.69 Å². The molecule has 3 heterocycles. The van der Waals surface area contributed by atoms with Crippen LogP contribution in [0, 0.1) is 5.92 Å². The summed E-state index contributed by atoms with van der Waals surface area (Å²) in [4.78, 5) is 15.4. The third-order valence-electron chi connectivity index (χ3n) is 3.28. The summed E-state index contributed by atoms with van der Waals surface area (Å²) in [5.41, 5.74) is 1.32. The topological polar surface area (TPSA) is 47.3 Å². The van der Waals surface area contributed by atoms with Crippen molar-refractivity contribution in [3.63, 3.8) is 0 Å². The second-order valence-corrected chi connectivity index (χ2v) is 5.80. The van der Waals surface area contributed by atoms with Crippen LogP contribution in [0.3, 0.4) is 0 Å². The Labute approximate surface area is 110 Å². The molecule has 1 unspecified atom stereocenters. The Balaban J connectivity index is 1.86. The second-order valence-electron chi connectivity index (χ2n) is 4.65. The van der Waals surface area contributed by atoms with Crippen molar-refractivity contribution in [1.82, 2.24) is 14.6 Å². The fraction of sp³-hybridized carbons (Fsp3) is 0.462. The number of nitrogens with zero attached hydrogens (tertiary/aromatic N) is 3. The molecule has 0 aromatic carbocycles. The number of aldehydes is 1. The lowest BCUT2D eigenvalue weighted by Gasteiger charge is -2.19. The average molecular weight is 261 g/mol. The summed E-state index contributed by atoms with van der Waals surface area (Å²) in [6.45, 7) is 0. The molecule has 0 saturated carbocycles. The number of thioether (sulfide) groups is 1. The average Bonchev–Trinajstić information content (AvgIpc) is 2.82. The van der Waals surface area contributed by atoms with Crippen LogP contribution < -0.4 is 0 Å². The molecule has 0 spiro atoms. The smallest absolute Gasteiger partial charge is 0.168 e. The summed E-state index contributed by atoms with van der Waals surface area (Å²) in [6, 6.07) is 5.49. The predicted octanol–water partition coefficient (Wildman–Crippen LogP) is 2.23. The molecule has 18 heavy (non-hydrogen) atoms. The molecule has 1 fully saturated rings. The molecule has 2 aromatic rings. The van der Waals surface area contributed by atoms with Crippen LogP contribution in [0.4, 0.5) is 0 Å². The van der Waals surface area contributed by atoms with E-state index in [1.807, 2.05) is 23.9 Å². The zero-order valence-corrected chi connectivity index (χ0v) is 10.9. The Hall–Kier alpha value is -1.36. The highest BCUT2D eigenvalue weighted by molar-refractivity contribution is 7.99. The normalized spacial score (nSPS) is 20.1. The molecule has 94 valence electrons.